The van der Waals surface area contributed by atoms with E-state index in [1.165, 1.54) is 0 Å². The number of carbonyl (C=O) groups excluding carboxylic acids is 1. The van der Waals surface area contributed by atoms with Gasteiger partial charge in [-0.15, -0.1) is 0 Å². The first kappa shape index (κ1) is 15.6. The van der Waals surface area contributed by atoms with Gasteiger partial charge in [-0.2, -0.15) is 0 Å². The van der Waals surface area contributed by atoms with Crippen molar-refractivity contribution < 1.29 is 9.22 Å². The lowest BCUT2D eigenvalue weighted by Crippen LogP contribution is -2.48. The summed E-state index contributed by atoms with van der Waals surface area (Å²) < 4.78 is 6.53. The van der Waals surface area contributed by atoms with Crippen molar-refractivity contribution in [1.29, 1.82) is 0 Å². The Hall–Kier alpha value is -0.413. The van der Waals surface area contributed by atoms with Crippen LogP contribution < -0.4 is 0 Å². The van der Waals surface area contributed by atoms with E-state index in [2.05, 4.69) is 53.8 Å². The standard InChI is InChI=1S/C15H28O2Si/c1-14(2,3)18(6,7)17-13-9-8-12(11-16)10-15(13,4)5/h10-11,13H,8-9H2,1-7H3. The molecule has 0 aromatic carbocycles. The van der Waals surface area contributed by atoms with Crippen molar-refractivity contribution in [3.05, 3.63) is 11.6 Å². The summed E-state index contributed by atoms with van der Waals surface area (Å²) in [6, 6.07) is 0. The minimum Gasteiger partial charge on any atom is -0.413 e. The highest BCUT2D eigenvalue weighted by molar-refractivity contribution is 6.74. The number of hydrogen-bond acceptors (Lipinski definition) is 2. The Kier molecular flexibility index (Phi) is 4.29. The molecule has 3 heteroatoms. The van der Waals surface area contributed by atoms with E-state index in [0.717, 1.165) is 24.7 Å². The highest BCUT2D eigenvalue weighted by Crippen LogP contribution is 2.43. The third-order valence-electron chi connectivity index (χ3n) is 4.48. The van der Waals surface area contributed by atoms with E-state index < -0.39 is 8.32 Å². The second-order valence-corrected chi connectivity index (χ2v) is 12.3. The molecule has 0 spiro atoms. The van der Waals surface area contributed by atoms with Crippen LogP contribution in [0, 0.1) is 5.41 Å². The van der Waals surface area contributed by atoms with Crippen LogP contribution in [-0.4, -0.2) is 20.7 Å². The predicted octanol–water partition coefficient (Wildman–Crippen LogP) is 4.32. The molecule has 1 aliphatic carbocycles. The van der Waals surface area contributed by atoms with Gasteiger partial charge in [-0.1, -0.05) is 40.7 Å². The molecule has 1 atom stereocenters. The summed E-state index contributed by atoms with van der Waals surface area (Å²) in [6.45, 7) is 15.7. The van der Waals surface area contributed by atoms with Crippen molar-refractivity contribution in [1.82, 2.24) is 0 Å². The van der Waals surface area contributed by atoms with Crippen LogP contribution in [0.2, 0.25) is 18.1 Å². The second-order valence-electron chi connectivity index (χ2n) is 7.56. The van der Waals surface area contributed by atoms with Gasteiger partial charge in [-0.3, -0.25) is 4.79 Å². The average molecular weight is 268 g/mol. The van der Waals surface area contributed by atoms with Gasteiger partial charge in [0.1, 0.15) is 6.29 Å². The molecule has 0 N–H and O–H groups in total. The topological polar surface area (TPSA) is 26.3 Å². The zero-order valence-electron chi connectivity index (χ0n) is 13.0. The molecule has 1 aliphatic rings. The van der Waals surface area contributed by atoms with Crippen molar-refractivity contribution in [2.75, 3.05) is 0 Å². The predicted molar refractivity (Wildman–Crippen MR) is 79.2 cm³/mol. The minimum absolute atomic E-state index is 0.0377. The molecule has 0 bridgehead atoms. The summed E-state index contributed by atoms with van der Waals surface area (Å²) in [5, 5.41) is 0.234. The van der Waals surface area contributed by atoms with Crippen molar-refractivity contribution in [2.45, 2.75) is 71.7 Å². The third-order valence-corrected chi connectivity index (χ3v) is 8.96. The van der Waals surface area contributed by atoms with Crippen LogP contribution in [0.5, 0.6) is 0 Å². The number of rotatable bonds is 3. The Morgan fingerprint density at radius 2 is 1.94 bits per heavy atom. The first-order chi connectivity index (χ1) is 7.99. The van der Waals surface area contributed by atoms with E-state index in [4.69, 9.17) is 4.43 Å². The van der Waals surface area contributed by atoms with Crippen LogP contribution in [0.3, 0.4) is 0 Å². The van der Waals surface area contributed by atoms with E-state index in [1.54, 1.807) is 0 Å². The lowest BCUT2D eigenvalue weighted by Gasteiger charge is -2.45. The largest absolute Gasteiger partial charge is 0.413 e. The van der Waals surface area contributed by atoms with Crippen LogP contribution in [0.25, 0.3) is 0 Å². The van der Waals surface area contributed by atoms with E-state index in [-0.39, 0.29) is 16.6 Å². The second kappa shape index (κ2) is 4.93. The Balaban J connectivity index is 2.88. The van der Waals surface area contributed by atoms with Crippen molar-refractivity contribution in [3.63, 3.8) is 0 Å². The molecule has 1 unspecified atom stereocenters. The van der Waals surface area contributed by atoms with Gasteiger partial charge in [0.2, 0.25) is 0 Å². The monoisotopic (exact) mass is 268 g/mol. The fraction of sp³-hybridized carbons (Fsp3) is 0.800. The van der Waals surface area contributed by atoms with Crippen molar-refractivity contribution >= 4 is 14.6 Å². The molecule has 0 aromatic heterocycles. The Labute approximate surface area is 113 Å². The van der Waals surface area contributed by atoms with Gasteiger partial charge in [0.15, 0.2) is 8.32 Å². The van der Waals surface area contributed by atoms with Crippen LogP contribution in [0.15, 0.2) is 11.6 Å². The SMILES string of the molecule is CC1(C)C=C(C=O)CCC1O[Si](C)(C)C(C)(C)C. The first-order valence-electron chi connectivity index (χ1n) is 6.84. The minimum atomic E-state index is -1.73. The van der Waals surface area contributed by atoms with Gasteiger partial charge >= 0.3 is 0 Å². The van der Waals surface area contributed by atoms with E-state index in [0.29, 0.717) is 0 Å². The lowest BCUT2D eigenvalue weighted by molar-refractivity contribution is -0.105. The van der Waals surface area contributed by atoms with Crippen LogP contribution in [-0.2, 0) is 9.22 Å². The number of aldehydes is 1. The highest BCUT2D eigenvalue weighted by Gasteiger charge is 2.43. The quantitative estimate of drug-likeness (QED) is 0.563. The smallest absolute Gasteiger partial charge is 0.192 e. The van der Waals surface area contributed by atoms with Gasteiger partial charge in [0, 0.05) is 5.41 Å². The summed E-state index contributed by atoms with van der Waals surface area (Å²) in [4.78, 5) is 10.9. The summed E-state index contributed by atoms with van der Waals surface area (Å²) in [7, 11) is -1.73. The normalized spacial score (nSPS) is 24.6. The molecule has 2 nitrogen and oxygen atoms in total. The molecule has 0 radical (unpaired) electrons. The molecule has 0 heterocycles. The van der Waals surface area contributed by atoms with Gasteiger partial charge in [0.05, 0.1) is 6.10 Å². The van der Waals surface area contributed by atoms with E-state index in [9.17, 15) is 4.79 Å². The maximum Gasteiger partial charge on any atom is 0.192 e. The zero-order valence-corrected chi connectivity index (χ0v) is 14.0. The molecular formula is C15H28O2Si. The number of allylic oxidation sites excluding steroid dienone is 1. The molecule has 18 heavy (non-hydrogen) atoms. The van der Waals surface area contributed by atoms with Gasteiger partial charge < -0.3 is 4.43 Å². The van der Waals surface area contributed by atoms with Crippen molar-refractivity contribution in [2.24, 2.45) is 5.41 Å². The molecule has 0 aromatic rings. The maximum absolute atomic E-state index is 10.9. The first-order valence-corrected chi connectivity index (χ1v) is 9.75. The fourth-order valence-corrected chi connectivity index (χ4v) is 3.64. The maximum atomic E-state index is 10.9. The van der Waals surface area contributed by atoms with Gasteiger partial charge in [-0.05, 0) is 36.5 Å². The van der Waals surface area contributed by atoms with Gasteiger partial charge in [0.25, 0.3) is 0 Å². The number of carbonyl (C=O) groups is 1. The molecular weight excluding hydrogens is 240 g/mol. The summed E-state index contributed by atoms with van der Waals surface area (Å²) in [5.74, 6) is 0. The molecule has 1 rings (SSSR count). The summed E-state index contributed by atoms with van der Waals surface area (Å²) in [6.07, 6.45) is 5.14. The summed E-state index contributed by atoms with van der Waals surface area (Å²) in [5.41, 5.74) is 0.888. The number of hydrogen-bond donors (Lipinski definition) is 0. The molecule has 0 fully saturated rings. The molecule has 104 valence electrons. The Bertz CT molecular complexity index is 348. The Morgan fingerprint density at radius 3 is 2.33 bits per heavy atom. The van der Waals surface area contributed by atoms with Crippen molar-refractivity contribution in [3.8, 4) is 0 Å². The summed E-state index contributed by atoms with van der Waals surface area (Å²) >= 11 is 0. The molecule has 0 amide bonds. The van der Waals surface area contributed by atoms with Crippen LogP contribution >= 0.6 is 0 Å². The van der Waals surface area contributed by atoms with Gasteiger partial charge in [-0.25, -0.2) is 0 Å². The molecule has 0 aliphatic heterocycles. The van der Waals surface area contributed by atoms with E-state index in [1.807, 2.05) is 0 Å². The van der Waals surface area contributed by atoms with Crippen LogP contribution in [0.4, 0.5) is 0 Å². The average Bonchev–Trinajstić information content (AvgIpc) is 2.18. The zero-order chi connectivity index (χ0) is 14.2. The third kappa shape index (κ3) is 3.32. The molecule has 0 saturated carbocycles. The highest BCUT2D eigenvalue weighted by atomic mass is 28.4. The molecule has 0 saturated heterocycles. The van der Waals surface area contributed by atoms with E-state index >= 15 is 0 Å². The fourth-order valence-electron chi connectivity index (χ4n) is 2.15. The van der Waals surface area contributed by atoms with Crippen LogP contribution in [0.1, 0.15) is 47.5 Å². The lowest BCUT2D eigenvalue weighted by atomic mass is 9.77. The Morgan fingerprint density at radius 1 is 1.39 bits per heavy atom.